The van der Waals surface area contributed by atoms with Crippen LogP contribution in [0.5, 0.6) is 0 Å². The van der Waals surface area contributed by atoms with Crippen LogP contribution < -0.4 is 10.2 Å². The molecule has 1 aliphatic heterocycles. The Kier molecular flexibility index (Phi) is 3.70. The molecule has 0 spiro atoms. The molecule has 0 radical (unpaired) electrons. The Labute approximate surface area is 119 Å². The van der Waals surface area contributed by atoms with Crippen molar-refractivity contribution in [3.63, 3.8) is 0 Å². The Morgan fingerprint density at radius 1 is 0.950 bits per heavy atom. The van der Waals surface area contributed by atoms with E-state index in [1.165, 1.54) is 5.56 Å². The molecule has 2 aromatic carbocycles. The molecule has 0 unspecified atom stereocenters. The van der Waals surface area contributed by atoms with Crippen molar-refractivity contribution >= 4 is 5.69 Å². The lowest BCUT2D eigenvalue weighted by Crippen LogP contribution is -2.43. The smallest absolute Gasteiger partial charge is 0.125 e. The minimum atomic E-state index is -0.170. The zero-order valence-electron chi connectivity index (χ0n) is 11.7. The summed E-state index contributed by atoms with van der Waals surface area (Å²) in [6.45, 7) is 5.82. The van der Waals surface area contributed by atoms with Crippen LogP contribution >= 0.6 is 0 Å². The molecule has 1 fully saturated rings. The summed E-state index contributed by atoms with van der Waals surface area (Å²) in [7, 11) is 0. The minimum Gasteiger partial charge on any atom is -0.369 e. The van der Waals surface area contributed by atoms with Crippen molar-refractivity contribution in [2.24, 2.45) is 0 Å². The third-order valence-corrected chi connectivity index (χ3v) is 3.75. The maximum atomic E-state index is 13.9. The molecule has 20 heavy (non-hydrogen) atoms. The third kappa shape index (κ3) is 2.83. The lowest BCUT2D eigenvalue weighted by molar-refractivity contribution is 0.585. The van der Waals surface area contributed by atoms with E-state index in [1.807, 2.05) is 12.1 Å². The third-order valence-electron chi connectivity index (χ3n) is 3.75. The van der Waals surface area contributed by atoms with Gasteiger partial charge in [-0.1, -0.05) is 29.8 Å². The van der Waals surface area contributed by atoms with E-state index >= 15 is 0 Å². The topological polar surface area (TPSA) is 15.3 Å². The van der Waals surface area contributed by atoms with Crippen molar-refractivity contribution in [3.8, 4) is 11.1 Å². The van der Waals surface area contributed by atoms with E-state index in [0.717, 1.165) is 43.0 Å². The van der Waals surface area contributed by atoms with Crippen LogP contribution in [0.1, 0.15) is 5.56 Å². The summed E-state index contributed by atoms with van der Waals surface area (Å²) in [6, 6.07) is 13.5. The van der Waals surface area contributed by atoms with Gasteiger partial charge in [-0.2, -0.15) is 0 Å². The number of anilines is 1. The molecule has 0 aliphatic carbocycles. The molecule has 2 aromatic rings. The van der Waals surface area contributed by atoms with Crippen molar-refractivity contribution < 1.29 is 4.39 Å². The molecule has 0 atom stereocenters. The molecule has 3 rings (SSSR count). The first-order valence-corrected chi connectivity index (χ1v) is 7.06. The molecule has 1 heterocycles. The van der Waals surface area contributed by atoms with Crippen LogP contribution in [0.25, 0.3) is 11.1 Å². The van der Waals surface area contributed by atoms with E-state index in [-0.39, 0.29) is 5.82 Å². The van der Waals surface area contributed by atoms with Crippen molar-refractivity contribution in [2.45, 2.75) is 6.92 Å². The second kappa shape index (κ2) is 5.63. The molecule has 0 saturated carbocycles. The summed E-state index contributed by atoms with van der Waals surface area (Å²) in [6.07, 6.45) is 0. The predicted octanol–water partition coefficient (Wildman–Crippen LogP) is 3.21. The highest BCUT2D eigenvalue weighted by Gasteiger charge is 2.12. The van der Waals surface area contributed by atoms with Crippen LogP contribution in [-0.4, -0.2) is 26.2 Å². The number of nitrogens with one attached hydrogen (secondary N) is 1. The number of piperazine rings is 1. The van der Waals surface area contributed by atoms with Crippen LogP contribution in [0, 0.1) is 12.7 Å². The fraction of sp³-hybridized carbons (Fsp3) is 0.294. The van der Waals surface area contributed by atoms with Crippen molar-refractivity contribution in [1.82, 2.24) is 5.32 Å². The van der Waals surface area contributed by atoms with Gasteiger partial charge in [-0.15, -0.1) is 0 Å². The zero-order chi connectivity index (χ0) is 13.9. The van der Waals surface area contributed by atoms with Gasteiger partial charge < -0.3 is 10.2 Å². The van der Waals surface area contributed by atoms with Crippen LogP contribution in [-0.2, 0) is 0 Å². The Balaban J connectivity index is 1.95. The number of aryl methyl sites for hydroxylation is 1. The summed E-state index contributed by atoms with van der Waals surface area (Å²) in [5.74, 6) is -0.170. The largest absolute Gasteiger partial charge is 0.369 e. The fourth-order valence-electron chi connectivity index (χ4n) is 2.59. The first kappa shape index (κ1) is 13.1. The Morgan fingerprint density at radius 2 is 1.65 bits per heavy atom. The maximum absolute atomic E-state index is 13.9. The second-order valence-corrected chi connectivity index (χ2v) is 5.30. The molecule has 2 nitrogen and oxygen atoms in total. The van der Waals surface area contributed by atoms with Gasteiger partial charge in [-0.25, -0.2) is 4.39 Å². The Bertz CT molecular complexity index is 586. The molecule has 104 valence electrons. The quantitative estimate of drug-likeness (QED) is 0.901. The number of benzene rings is 2. The monoisotopic (exact) mass is 270 g/mol. The van der Waals surface area contributed by atoms with Crippen molar-refractivity contribution in [3.05, 3.63) is 53.8 Å². The maximum Gasteiger partial charge on any atom is 0.125 e. The normalized spacial score (nSPS) is 15.4. The van der Waals surface area contributed by atoms with Gasteiger partial charge in [-0.05, 0) is 36.2 Å². The van der Waals surface area contributed by atoms with Crippen LogP contribution in [0.4, 0.5) is 10.1 Å². The predicted molar refractivity (Wildman–Crippen MR) is 81.7 cm³/mol. The van der Waals surface area contributed by atoms with Crippen LogP contribution in [0.2, 0.25) is 0 Å². The number of hydrogen-bond donors (Lipinski definition) is 1. The van der Waals surface area contributed by atoms with Crippen molar-refractivity contribution in [1.29, 1.82) is 0 Å². The molecule has 0 bridgehead atoms. The molecule has 1 aliphatic rings. The van der Waals surface area contributed by atoms with E-state index in [9.17, 15) is 4.39 Å². The SMILES string of the molecule is Cc1ccc(-c2cc(F)cc(N3CCNCC3)c2)cc1. The van der Waals surface area contributed by atoms with Gasteiger partial charge in [0.05, 0.1) is 0 Å². The number of nitrogens with zero attached hydrogens (tertiary/aromatic N) is 1. The van der Waals surface area contributed by atoms with Crippen LogP contribution in [0.3, 0.4) is 0 Å². The van der Waals surface area contributed by atoms with E-state index < -0.39 is 0 Å². The summed E-state index contributed by atoms with van der Waals surface area (Å²) in [4.78, 5) is 2.23. The minimum absolute atomic E-state index is 0.170. The lowest BCUT2D eigenvalue weighted by atomic mass is 10.0. The molecular weight excluding hydrogens is 251 g/mol. The molecule has 0 amide bonds. The van der Waals surface area contributed by atoms with Gasteiger partial charge in [0.15, 0.2) is 0 Å². The standard InChI is InChI=1S/C17H19FN2/c1-13-2-4-14(5-3-13)15-10-16(18)12-17(11-15)20-8-6-19-7-9-20/h2-5,10-12,19H,6-9H2,1H3. The number of halogens is 1. The second-order valence-electron chi connectivity index (χ2n) is 5.30. The molecule has 1 saturated heterocycles. The highest BCUT2D eigenvalue weighted by Crippen LogP contribution is 2.27. The van der Waals surface area contributed by atoms with Crippen LogP contribution in [0.15, 0.2) is 42.5 Å². The first-order chi connectivity index (χ1) is 9.72. The molecular formula is C17H19FN2. The average Bonchev–Trinajstić information content (AvgIpc) is 2.48. The van der Waals surface area contributed by atoms with E-state index in [4.69, 9.17) is 0 Å². The van der Waals surface area contributed by atoms with E-state index in [1.54, 1.807) is 12.1 Å². The van der Waals surface area contributed by atoms with Gasteiger partial charge in [0.25, 0.3) is 0 Å². The Morgan fingerprint density at radius 3 is 2.35 bits per heavy atom. The summed E-state index contributed by atoms with van der Waals surface area (Å²) in [5.41, 5.74) is 4.19. The zero-order valence-corrected chi connectivity index (χ0v) is 11.7. The van der Waals surface area contributed by atoms with E-state index in [2.05, 4.69) is 35.3 Å². The highest BCUT2D eigenvalue weighted by atomic mass is 19.1. The first-order valence-electron chi connectivity index (χ1n) is 7.06. The fourth-order valence-corrected chi connectivity index (χ4v) is 2.59. The van der Waals surface area contributed by atoms with Gasteiger partial charge >= 0.3 is 0 Å². The Hall–Kier alpha value is -1.87. The summed E-state index contributed by atoms with van der Waals surface area (Å²) in [5, 5.41) is 3.32. The van der Waals surface area contributed by atoms with Gasteiger partial charge in [0, 0.05) is 31.9 Å². The van der Waals surface area contributed by atoms with Gasteiger partial charge in [-0.3, -0.25) is 0 Å². The van der Waals surface area contributed by atoms with E-state index in [0.29, 0.717) is 0 Å². The lowest BCUT2D eigenvalue weighted by Gasteiger charge is -2.29. The van der Waals surface area contributed by atoms with Crippen molar-refractivity contribution in [2.75, 3.05) is 31.1 Å². The molecule has 1 N–H and O–H groups in total. The summed E-state index contributed by atoms with van der Waals surface area (Å²) < 4.78 is 13.9. The van der Waals surface area contributed by atoms with Gasteiger partial charge in [0.2, 0.25) is 0 Å². The summed E-state index contributed by atoms with van der Waals surface area (Å²) >= 11 is 0. The van der Waals surface area contributed by atoms with Gasteiger partial charge in [0.1, 0.15) is 5.82 Å². The molecule has 0 aromatic heterocycles. The molecule has 3 heteroatoms. The highest BCUT2D eigenvalue weighted by molar-refractivity contribution is 5.69. The average molecular weight is 270 g/mol. The number of hydrogen-bond acceptors (Lipinski definition) is 2. The number of rotatable bonds is 2.